The average Bonchev–Trinajstić information content (AvgIpc) is 2.28. The first kappa shape index (κ1) is 13.6. The molecule has 1 aromatic carbocycles. The van der Waals surface area contributed by atoms with E-state index in [1.165, 1.54) is 16.9 Å². The van der Waals surface area contributed by atoms with Gasteiger partial charge in [0.25, 0.3) is 0 Å². The summed E-state index contributed by atoms with van der Waals surface area (Å²) in [6.07, 6.45) is 3.43. The van der Waals surface area contributed by atoms with Crippen molar-refractivity contribution in [3.05, 3.63) is 29.8 Å². The van der Waals surface area contributed by atoms with Crippen molar-refractivity contribution in [3.8, 4) is 0 Å². The molecule has 1 nitrogen and oxygen atoms in total. The highest BCUT2D eigenvalue weighted by Crippen LogP contribution is 2.30. The summed E-state index contributed by atoms with van der Waals surface area (Å²) < 4.78 is 0. The molecule has 0 aliphatic carbocycles. The van der Waals surface area contributed by atoms with Gasteiger partial charge < -0.3 is 5.73 Å². The molecule has 0 heterocycles. The summed E-state index contributed by atoms with van der Waals surface area (Å²) >= 11 is 1.94. The van der Waals surface area contributed by atoms with Gasteiger partial charge in [0.1, 0.15) is 0 Å². The van der Waals surface area contributed by atoms with Crippen molar-refractivity contribution in [2.24, 2.45) is 5.73 Å². The Morgan fingerprint density at radius 2 is 1.94 bits per heavy atom. The molecule has 0 bridgehead atoms. The summed E-state index contributed by atoms with van der Waals surface area (Å²) in [5.41, 5.74) is 7.57. The molecule has 0 aliphatic rings. The molecule has 16 heavy (non-hydrogen) atoms. The Labute approximate surface area is 104 Å². The lowest BCUT2D eigenvalue weighted by Crippen LogP contribution is -2.31. The van der Waals surface area contributed by atoms with Crippen LogP contribution in [0.1, 0.15) is 38.7 Å². The molecule has 2 atom stereocenters. The zero-order chi connectivity index (χ0) is 12.0. The topological polar surface area (TPSA) is 26.0 Å². The Balaban J connectivity index is 2.66. The van der Waals surface area contributed by atoms with Gasteiger partial charge in [-0.15, -0.1) is 11.8 Å². The van der Waals surface area contributed by atoms with E-state index in [4.69, 9.17) is 5.73 Å². The number of nitrogens with two attached hydrogens (primary N) is 1. The zero-order valence-corrected chi connectivity index (χ0v) is 11.4. The largest absolute Gasteiger partial charge is 0.327 e. The monoisotopic (exact) mass is 237 g/mol. The molecule has 1 aromatic rings. The predicted octanol–water partition coefficient (Wildman–Crippen LogP) is 3.99. The predicted molar refractivity (Wildman–Crippen MR) is 74.0 cm³/mol. The summed E-state index contributed by atoms with van der Waals surface area (Å²) in [6.45, 7) is 6.59. The molecule has 2 heteroatoms. The first-order valence-corrected chi connectivity index (χ1v) is 7.04. The number of benzene rings is 1. The summed E-state index contributed by atoms with van der Waals surface area (Å²) in [6, 6.07) is 8.88. The third-order valence-corrected chi connectivity index (χ3v) is 4.57. The minimum Gasteiger partial charge on any atom is -0.327 e. The van der Waals surface area contributed by atoms with Gasteiger partial charge in [-0.1, -0.05) is 38.5 Å². The van der Waals surface area contributed by atoms with Crippen molar-refractivity contribution in [2.45, 2.75) is 56.2 Å². The van der Waals surface area contributed by atoms with Crippen molar-refractivity contribution in [1.29, 1.82) is 0 Å². The van der Waals surface area contributed by atoms with Crippen LogP contribution in [0.25, 0.3) is 0 Å². The van der Waals surface area contributed by atoms with Gasteiger partial charge in [-0.25, -0.2) is 0 Å². The molecule has 0 radical (unpaired) electrons. The maximum Gasteiger partial charge on any atom is 0.0243 e. The molecule has 0 aliphatic heterocycles. The van der Waals surface area contributed by atoms with Crippen LogP contribution in [0, 0.1) is 6.92 Å². The van der Waals surface area contributed by atoms with E-state index in [1.807, 2.05) is 11.8 Å². The number of aryl methyl sites for hydroxylation is 1. The highest BCUT2D eigenvalue weighted by Gasteiger charge is 2.16. The lowest BCUT2D eigenvalue weighted by Gasteiger charge is -2.22. The van der Waals surface area contributed by atoms with Crippen LogP contribution >= 0.6 is 11.8 Å². The fourth-order valence-corrected chi connectivity index (χ4v) is 3.06. The Morgan fingerprint density at radius 1 is 1.25 bits per heavy atom. The molecule has 90 valence electrons. The van der Waals surface area contributed by atoms with Gasteiger partial charge in [0.15, 0.2) is 0 Å². The van der Waals surface area contributed by atoms with Gasteiger partial charge in [-0.2, -0.15) is 0 Å². The van der Waals surface area contributed by atoms with Crippen LogP contribution in [-0.2, 0) is 0 Å². The van der Waals surface area contributed by atoms with E-state index in [-0.39, 0.29) is 0 Å². The average molecular weight is 237 g/mol. The van der Waals surface area contributed by atoms with Crippen molar-refractivity contribution in [1.82, 2.24) is 0 Å². The Hall–Kier alpha value is -0.470. The fraction of sp³-hybridized carbons (Fsp3) is 0.571. The quantitative estimate of drug-likeness (QED) is 0.757. The maximum atomic E-state index is 6.22. The summed E-state index contributed by atoms with van der Waals surface area (Å²) in [7, 11) is 0. The molecule has 0 saturated heterocycles. The number of hydrogen-bond donors (Lipinski definition) is 1. The van der Waals surface area contributed by atoms with Gasteiger partial charge in [0, 0.05) is 16.2 Å². The second-order valence-electron chi connectivity index (χ2n) is 4.28. The van der Waals surface area contributed by atoms with Gasteiger partial charge >= 0.3 is 0 Å². The molecular weight excluding hydrogens is 214 g/mol. The van der Waals surface area contributed by atoms with Gasteiger partial charge in [0.2, 0.25) is 0 Å². The second kappa shape index (κ2) is 6.97. The van der Waals surface area contributed by atoms with Crippen LogP contribution in [-0.4, -0.2) is 11.3 Å². The van der Waals surface area contributed by atoms with Crippen molar-refractivity contribution >= 4 is 11.8 Å². The van der Waals surface area contributed by atoms with Crippen LogP contribution in [0.3, 0.4) is 0 Å². The minimum absolute atomic E-state index is 0.319. The molecule has 2 unspecified atom stereocenters. The smallest absolute Gasteiger partial charge is 0.0243 e. The van der Waals surface area contributed by atoms with Crippen LogP contribution in [0.2, 0.25) is 0 Å². The SMILES string of the molecule is CCCC(N)C(CC)Sc1ccccc1C. The normalized spacial score (nSPS) is 14.8. The van der Waals surface area contributed by atoms with E-state index in [2.05, 4.69) is 45.0 Å². The van der Waals surface area contributed by atoms with E-state index in [0.717, 1.165) is 12.8 Å². The second-order valence-corrected chi connectivity index (χ2v) is 5.56. The number of rotatable bonds is 6. The molecule has 0 aromatic heterocycles. The molecule has 0 fully saturated rings. The van der Waals surface area contributed by atoms with Crippen LogP contribution in [0.15, 0.2) is 29.2 Å². The van der Waals surface area contributed by atoms with Crippen molar-refractivity contribution in [3.63, 3.8) is 0 Å². The molecule has 2 N–H and O–H groups in total. The lowest BCUT2D eigenvalue weighted by molar-refractivity contribution is 0.566. The van der Waals surface area contributed by atoms with Crippen LogP contribution < -0.4 is 5.73 Å². The first-order valence-electron chi connectivity index (χ1n) is 6.16. The van der Waals surface area contributed by atoms with Crippen molar-refractivity contribution in [2.75, 3.05) is 0 Å². The van der Waals surface area contributed by atoms with E-state index in [1.54, 1.807) is 0 Å². The maximum absolute atomic E-state index is 6.22. The Bertz CT molecular complexity index is 311. The molecule has 0 saturated carbocycles. The van der Waals surface area contributed by atoms with E-state index in [9.17, 15) is 0 Å². The third kappa shape index (κ3) is 3.84. The lowest BCUT2D eigenvalue weighted by atomic mass is 10.1. The molecular formula is C14H23NS. The van der Waals surface area contributed by atoms with Gasteiger partial charge in [0.05, 0.1) is 0 Å². The molecule has 0 spiro atoms. The minimum atomic E-state index is 0.319. The van der Waals surface area contributed by atoms with Gasteiger partial charge in [-0.3, -0.25) is 0 Å². The summed E-state index contributed by atoms with van der Waals surface area (Å²) in [5, 5.41) is 0.543. The fourth-order valence-electron chi connectivity index (χ4n) is 1.84. The standard InChI is InChI=1S/C14H23NS/c1-4-8-12(15)13(5-2)16-14-10-7-6-9-11(14)3/h6-7,9-10,12-13H,4-5,8,15H2,1-3H3. The van der Waals surface area contributed by atoms with Crippen molar-refractivity contribution < 1.29 is 0 Å². The van der Waals surface area contributed by atoms with Gasteiger partial charge in [-0.05, 0) is 31.4 Å². The summed E-state index contributed by atoms with van der Waals surface area (Å²) in [5.74, 6) is 0. The van der Waals surface area contributed by atoms with E-state index < -0.39 is 0 Å². The van der Waals surface area contributed by atoms with E-state index >= 15 is 0 Å². The first-order chi connectivity index (χ1) is 7.69. The highest BCUT2D eigenvalue weighted by atomic mass is 32.2. The number of thioether (sulfide) groups is 1. The molecule has 0 amide bonds. The third-order valence-electron chi connectivity index (χ3n) is 2.87. The zero-order valence-electron chi connectivity index (χ0n) is 10.6. The number of hydrogen-bond acceptors (Lipinski definition) is 2. The van der Waals surface area contributed by atoms with E-state index in [0.29, 0.717) is 11.3 Å². The molecule has 1 rings (SSSR count). The Kier molecular flexibility index (Phi) is 5.93. The van der Waals surface area contributed by atoms with Crippen LogP contribution in [0.4, 0.5) is 0 Å². The highest BCUT2D eigenvalue weighted by molar-refractivity contribution is 8.00. The van der Waals surface area contributed by atoms with Crippen LogP contribution in [0.5, 0.6) is 0 Å². The Morgan fingerprint density at radius 3 is 2.50 bits per heavy atom. The summed E-state index contributed by atoms with van der Waals surface area (Å²) in [4.78, 5) is 1.38.